The lowest BCUT2D eigenvalue weighted by Gasteiger charge is -2.35. The number of carbonyl (C=O) groups is 2. The van der Waals surface area contributed by atoms with E-state index in [9.17, 15) is 19.2 Å². The summed E-state index contributed by atoms with van der Waals surface area (Å²) < 4.78 is 20.6. The number of benzene rings is 1. The van der Waals surface area contributed by atoms with Gasteiger partial charge in [0.15, 0.2) is 0 Å². The molecule has 9 heteroatoms. The average molecular weight is 511 g/mol. The molecular formula is C27H31FN4O3S. The van der Waals surface area contributed by atoms with Crippen LogP contribution in [-0.4, -0.2) is 45.6 Å². The molecule has 2 heterocycles. The van der Waals surface area contributed by atoms with Gasteiger partial charge in [-0.05, 0) is 75.0 Å². The van der Waals surface area contributed by atoms with E-state index in [2.05, 4.69) is 23.3 Å². The second kappa shape index (κ2) is 8.84. The van der Waals surface area contributed by atoms with E-state index < -0.39 is 29.6 Å². The van der Waals surface area contributed by atoms with Gasteiger partial charge in [-0.2, -0.15) is 5.26 Å². The summed E-state index contributed by atoms with van der Waals surface area (Å²) in [5.41, 5.74) is 0.396. The highest BCUT2D eigenvalue weighted by molar-refractivity contribution is 7.15. The molecule has 1 aliphatic heterocycles. The number of piperidine rings is 1. The molecule has 3 aliphatic rings. The third-order valence-electron chi connectivity index (χ3n) is 7.76. The quantitative estimate of drug-likeness (QED) is 0.629. The van der Waals surface area contributed by atoms with Crippen LogP contribution in [0, 0.1) is 47.7 Å². The van der Waals surface area contributed by atoms with Crippen molar-refractivity contribution in [2.75, 3.05) is 0 Å². The van der Waals surface area contributed by atoms with E-state index in [0.717, 1.165) is 21.9 Å². The topological polar surface area (TPSA) is 95.3 Å². The van der Waals surface area contributed by atoms with Gasteiger partial charge in [0.25, 0.3) is 0 Å². The molecule has 5 rings (SSSR count). The van der Waals surface area contributed by atoms with Gasteiger partial charge in [0.1, 0.15) is 23.5 Å². The average Bonchev–Trinajstić information content (AvgIpc) is 3.17. The van der Waals surface area contributed by atoms with Gasteiger partial charge >= 0.3 is 6.09 Å². The highest BCUT2D eigenvalue weighted by Crippen LogP contribution is 2.67. The van der Waals surface area contributed by atoms with Crippen molar-refractivity contribution in [2.45, 2.75) is 71.2 Å². The van der Waals surface area contributed by atoms with Gasteiger partial charge in [-0.1, -0.05) is 19.1 Å². The number of nitrogens with one attached hydrogen (secondary N) is 1. The Bertz CT molecular complexity index is 1250. The predicted molar refractivity (Wildman–Crippen MR) is 133 cm³/mol. The van der Waals surface area contributed by atoms with E-state index in [1.807, 2.05) is 6.92 Å². The third-order valence-corrected chi connectivity index (χ3v) is 8.72. The summed E-state index contributed by atoms with van der Waals surface area (Å²) in [6.45, 7) is 9.47. The summed E-state index contributed by atoms with van der Waals surface area (Å²) in [5, 5.41) is 13.5. The highest BCUT2D eigenvalue weighted by atomic mass is 32.1. The van der Waals surface area contributed by atoms with Crippen molar-refractivity contribution >= 4 is 23.3 Å². The van der Waals surface area contributed by atoms with Crippen molar-refractivity contribution < 1.29 is 18.7 Å². The van der Waals surface area contributed by atoms with Crippen LogP contribution in [0.4, 0.5) is 9.18 Å². The fourth-order valence-electron chi connectivity index (χ4n) is 6.30. The van der Waals surface area contributed by atoms with Crippen LogP contribution in [0.2, 0.25) is 0 Å². The molecular weight excluding hydrogens is 479 g/mol. The Labute approximate surface area is 214 Å². The molecule has 0 spiro atoms. The number of halogens is 1. The van der Waals surface area contributed by atoms with Gasteiger partial charge in [-0.25, -0.2) is 14.2 Å². The molecule has 36 heavy (non-hydrogen) atoms. The van der Waals surface area contributed by atoms with Gasteiger partial charge in [0.2, 0.25) is 5.91 Å². The molecule has 190 valence electrons. The molecule has 0 unspecified atom stereocenters. The predicted octanol–water partition coefficient (Wildman–Crippen LogP) is 4.70. The number of nitrogens with zero attached hydrogens (tertiary/aromatic N) is 3. The zero-order valence-corrected chi connectivity index (χ0v) is 21.9. The van der Waals surface area contributed by atoms with Gasteiger partial charge in [0.05, 0.1) is 16.0 Å². The van der Waals surface area contributed by atoms with E-state index in [1.54, 1.807) is 44.0 Å². The van der Waals surface area contributed by atoms with Crippen molar-refractivity contribution in [3.8, 4) is 16.5 Å². The number of aryl methyl sites for hydroxylation is 1. The largest absolute Gasteiger partial charge is 0.444 e. The number of thiazole rings is 1. The summed E-state index contributed by atoms with van der Waals surface area (Å²) in [6.07, 6.45) is 2.04. The number of rotatable bonds is 5. The second-order valence-electron chi connectivity index (χ2n) is 11.3. The van der Waals surface area contributed by atoms with Crippen molar-refractivity contribution in [2.24, 2.45) is 23.7 Å². The zero-order valence-electron chi connectivity index (χ0n) is 21.1. The molecule has 7 atom stereocenters. The van der Waals surface area contributed by atoms with Crippen LogP contribution in [-0.2, 0) is 16.0 Å². The van der Waals surface area contributed by atoms with Gasteiger partial charge in [-0.15, -0.1) is 11.3 Å². The summed E-state index contributed by atoms with van der Waals surface area (Å²) >= 11 is 1.48. The highest BCUT2D eigenvalue weighted by Gasteiger charge is 2.71. The van der Waals surface area contributed by atoms with E-state index in [0.29, 0.717) is 23.3 Å². The van der Waals surface area contributed by atoms with Crippen LogP contribution in [0.3, 0.4) is 0 Å². The van der Waals surface area contributed by atoms with Crippen LogP contribution in [0.25, 0.3) is 10.4 Å². The number of amides is 2. The third kappa shape index (κ3) is 4.36. The Balaban J connectivity index is 1.31. The van der Waals surface area contributed by atoms with Gasteiger partial charge < -0.3 is 10.1 Å². The lowest BCUT2D eigenvalue weighted by Crippen LogP contribution is -2.56. The molecule has 2 bridgehead atoms. The molecule has 1 aromatic carbocycles. The SMILES string of the molecule is Cc1ncc(-c2ccc(C[C@@H](C#N)NC(=O)[C@@H]3[C@@H]4C[C@@H]([C@H]5[C@@H](C)[C@@H]45)N3C(=O)OC(C)(C)C)c(F)c2)s1. The number of aromatic nitrogens is 1. The van der Waals surface area contributed by atoms with Crippen LogP contribution in [0.1, 0.15) is 44.7 Å². The first-order chi connectivity index (χ1) is 17.0. The minimum atomic E-state index is -0.921. The summed E-state index contributed by atoms with van der Waals surface area (Å²) in [4.78, 5) is 33.2. The summed E-state index contributed by atoms with van der Waals surface area (Å²) in [5.74, 6) is 0.560. The Kier molecular flexibility index (Phi) is 6.06. The van der Waals surface area contributed by atoms with E-state index in [1.165, 1.54) is 17.4 Å². The Morgan fingerprint density at radius 2 is 2.11 bits per heavy atom. The monoisotopic (exact) mass is 510 g/mol. The van der Waals surface area contributed by atoms with Crippen molar-refractivity contribution in [1.29, 1.82) is 5.26 Å². The van der Waals surface area contributed by atoms with Crippen molar-refractivity contribution in [1.82, 2.24) is 15.2 Å². The Morgan fingerprint density at radius 3 is 2.72 bits per heavy atom. The molecule has 0 radical (unpaired) electrons. The standard InChI is InChI=1S/C27H31FN4O3S/c1-13-22-18-10-20(23(13)22)32(26(34)35-27(3,4)5)24(18)25(33)31-17(11-29)8-15-6-7-16(9-19(15)28)21-12-30-14(2)36-21/h6-7,9,12-13,17-18,20,22-24H,8,10H2,1-5H3,(H,31,33)/t13-,17-,18+,20-,22-,23+,24-/m0/s1. The zero-order chi connectivity index (χ0) is 25.9. The summed E-state index contributed by atoms with van der Waals surface area (Å²) in [7, 11) is 0. The number of hydrogen-bond acceptors (Lipinski definition) is 6. The molecule has 2 aromatic rings. The smallest absolute Gasteiger partial charge is 0.411 e. The molecule has 7 nitrogen and oxygen atoms in total. The first-order valence-electron chi connectivity index (χ1n) is 12.4. The van der Waals surface area contributed by atoms with E-state index >= 15 is 0 Å². The van der Waals surface area contributed by atoms with Crippen LogP contribution >= 0.6 is 11.3 Å². The lowest BCUT2D eigenvalue weighted by atomic mass is 9.94. The molecule has 1 saturated heterocycles. The Hall–Kier alpha value is -2.99. The first-order valence-corrected chi connectivity index (χ1v) is 13.2. The van der Waals surface area contributed by atoms with E-state index in [-0.39, 0.29) is 24.3 Å². The number of likely N-dealkylation sites (tertiary alicyclic amines) is 1. The van der Waals surface area contributed by atoms with Gasteiger partial charge in [0, 0.05) is 18.7 Å². The number of hydrogen-bond donors (Lipinski definition) is 1. The lowest BCUT2D eigenvalue weighted by molar-refractivity contribution is -0.128. The first kappa shape index (κ1) is 24.7. The Morgan fingerprint density at radius 1 is 1.36 bits per heavy atom. The summed E-state index contributed by atoms with van der Waals surface area (Å²) in [6, 6.07) is 5.38. The fraction of sp³-hybridized carbons (Fsp3) is 0.556. The minimum absolute atomic E-state index is 0.0125. The molecule has 2 saturated carbocycles. The number of fused-ring (bicyclic) bond motifs is 5. The van der Waals surface area contributed by atoms with Crippen molar-refractivity contribution in [3.63, 3.8) is 0 Å². The van der Waals surface area contributed by atoms with Crippen LogP contribution in [0.15, 0.2) is 24.4 Å². The maximum absolute atomic E-state index is 14.9. The molecule has 3 fully saturated rings. The fourth-order valence-corrected chi connectivity index (χ4v) is 7.08. The number of carbonyl (C=O) groups excluding carboxylic acids is 2. The molecule has 1 N–H and O–H groups in total. The maximum atomic E-state index is 14.9. The van der Waals surface area contributed by atoms with E-state index in [4.69, 9.17) is 4.74 Å². The normalized spacial score (nSPS) is 28.9. The van der Waals surface area contributed by atoms with Gasteiger partial charge in [-0.3, -0.25) is 9.69 Å². The maximum Gasteiger partial charge on any atom is 0.411 e. The molecule has 2 amide bonds. The molecule has 2 aliphatic carbocycles. The van der Waals surface area contributed by atoms with Crippen LogP contribution in [0.5, 0.6) is 0 Å². The number of nitriles is 1. The van der Waals surface area contributed by atoms with Crippen LogP contribution < -0.4 is 5.32 Å². The number of ether oxygens (including phenoxy) is 1. The second-order valence-corrected chi connectivity index (χ2v) is 12.5. The minimum Gasteiger partial charge on any atom is -0.444 e. The van der Waals surface area contributed by atoms with Crippen molar-refractivity contribution in [3.05, 3.63) is 40.8 Å². The molecule has 1 aromatic heterocycles.